The van der Waals surface area contributed by atoms with Crippen LogP contribution in [0.5, 0.6) is 5.75 Å². The average Bonchev–Trinajstić information content (AvgIpc) is 3.11. The number of carbonyl (C=O) groups is 2. The second kappa shape index (κ2) is 7.23. The third-order valence-electron chi connectivity index (χ3n) is 4.62. The van der Waals surface area contributed by atoms with Gasteiger partial charge in [-0.3, -0.25) is 9.59 Å². The molecule has 1 aliphatic heterocycles. The Bertz CT molecular complexity index is 772. The first-order valence-electron chi connectivity index (χ1n) is 8.15. The highest BCUT2D eigenvalue weighted by molar-refractivity contribution is 7.16. The summed E-state index contributed by atoms with van der Waals surface area (Å²) in [6.07, 6.45) is 2.89. The molecule has 0 aliphatic carbocycles. The second-order valence-corrected chi connectivity index (χ2v) is 7.11. The smallest absolute Gasteiger partial charge is 0.308 e. The summed E-state index contributed by atoms with van der Waals surface area (Å²) in [5.74, 6) is -0.728. The molecule has 1 saturated heterocycles. The lowest BCUT2D eigenvalue weighted by atomic mass is 9.90. The zero-order valence-corrected chi connectivity index (χ0v) is 15.0. The molecule has 0 bridgehead atoms. The summed E-state index contributed by atoms with van der Waals surface area (Å²) in [6.45, 7) is 2.39. The maximum atomic E-state index is 12.8. The van der Waals surface area contributed by atoms with Crippen LogP contribution in [0.25, 0.3) is 10.6 Å². The first kappa shape index (κ1) is 17.4. The standard InChI is InChI=1S/C18H20N2O4S/c1-11-14(18(22)23)4-3-9-20(11)17(21)15-10-19-16(25-15)12-5-7-13(24-2)8-6-12/h5-8,10-11,14H,3-4,9H2,1-2H3,(H,22,23)/t11-,14-/m0/s1. The number of thiazole rings is 1. The van der Waals surface area contributed by atoms with Crippen LogP contribution in [0, 0.1) is 5.92 Å². The van der Waals surface area contributed by atoms with E-state index >= 15 is 0 Å². The topological polar surface area (TPSA) is 79.7 Å². The number of carboxylic acids is 1. The van der Waals surface area contributed by atoms with Crippen LogP contribution in [0.15, 0.2) is 30.5 Å². The summed E-state index contributed by atoms with van der Waals surface area (Å²) in [4.78, 5) is 30.7. The van der Waals surface area contributed by atoms with Crippen molar-refractivity contribution in [2.75, 3.05) is 13.7 Å². The van der Waals surface area contributed by atoms with Crippen LogP contribution in [-0.4, -0.2) is 46.6 Å². The molecule has 0 radical (unpaired) electrons. The van der Waals surface area contributed by atoms with Gasteiger partial charge in [-0.15, -0.1) is 11.3 Å². The zero-order chi connectivity index (χ0) is 18.0. The van der Waals surface area contributed by atoms with Crippen LogP contribution >= 0.6 is 11.3 Å². The van der Waals surface area contributed by atoms with Crippen molar-refractivity contribution in [3.63, 3.8) is 0 Å². The normalized spacial score (nSPS) is 20.3. The van der Waals surface area contributed by atoms with Crippen molar-refractivity contribution in [2.24, 2.45) is 5.92 Å². The molecule has 2 aromatic rings. The predicted molar refractivity (Wildman–Crippen MR) is 95.0 cm³/mol. The van der Waals surface area contributed by atoms with Gasteiger partial charge in [0.1, 0.15) is 15.6 Å². The average molecular weight is 360 g/mol. The van der Waals surface area contributed by atoms with Crippen molar-refractivity contribution in [2.45, 2.75) is 25.8 Å². The van der Waals surface area contributed by atoms with Crippen molar-refractivity contribution in [3.05, 3.63) is 35.3 Å². The minimum absolute atomic E-state index is 0.143. The van der Waals surface area contributed by atoms with E-state index in [0.717, 1.165) is 16.3 Å². The molecule has 0 spiro atoms. The first-order valence-corrected chi connectivity index (χ1v) is 8.97. The number of carbonyl (C=O) groups excluding carboxylic acids is 1. The Morgan fingerprint density at radius 2 is 2.04 bits per heavy atom. The molecule has 25 heavy (non-hydrogen) atoms. The molecule has 7 heteroatoms. The Morgan fingerprint density at radius 1 is 1.32 bits per heavy atom. The summed E-state index contributed by atoms with van der Waals surface area (Å²) in [6, 6.07) is 7.18. The summed E-state index contributed by atoms with van der Waals surface area (Å²) in [5.41, 5.74) is 0.917. The lowest BCUT2D eigenvalue weighted by Crippen LogP contribution is -2.48. The number of aliphatic carboxylic acids is 1. The highest BCUT2D eigenvalue weighted by atomic mass is 32.1. The Morgan fingerprint density at radius 3 is 2.68 bits per heavy atom. The van der Waals surface area contributed by atoms with Gasteiger partial charge in [0, 0.05) is 18.2 Å². The fourth-order valence-corrected chi connectivity index (χ4v) is 4.02. The fraction of sp³-hybridized carbons (Fsp3) is 0.389. The van der Waals surface area contributed by atoms with Crippen LogP contribution in [0.3, 0.4) is 0 Å². The van der Waals surface area contributed by atoms with Gasteiger partial charge >= 0.3 is 5.97 Å². The molecule has 132 valence electrons. The number of carboxylic acid groups (broad SMARTS) is 1. The van der Waals surface area contributed by atoms with Crippen molar-refractivity contribution in [1.29, 1.82) is 0 Å². The molecule has 6 nitrogen and oxygen atoms in total. The molecule has 0 saturated carbocycles. The minimum Gasteiger partial charge on any atom is -0.497 e. The molecular formula is C18H20N2O4S. The monoisotopic (exact) mass is 360 g/mol. The molecule has 2 atom stereocenters. The van der Waals surface area contributed by atoms with Gasteiger partial charge in [-0.25, -0.2) is 4.98 Å². The summed E-state index contributed by atoms with van der Waals surface area (Å²) < 4.78 is 5.14. The van der Waals surface area contributed by atoms with Crippen molar-refractivity contribution in [3.8, 4) is 16.3 Å². The molecule has 1 N–H and O–H groups in total. The number of ether oxygens (including phenoxy) is 1. The number of amides is 1. The molecule has 1 aliphatic rings. The van der Waals surface area contributed by atoms with Gasteiger partial charge < -0.3 is 14.7 Å². The Labute approximate surface area is 150 Å². The van der Waals surface area contributed by atoms with Crippen molar-refractivity contribution >= 4 is 23.2 Å². The van der Waals surface area contributed by atoms with E-state index in [9.17, 15) is 14.7 Å². The third kappa shape index (κ3) is 3.51. The lowest BCUT2D eigenvalue weighted by molar-refractivity contribution is -0.144. The van der Waals surface area contributed by atoms with Gasteiger partial charge in [0.05, 0.1) is 19.2 Å². The molecule has 1 aromatic carbocycles. The molecule has 1 amide bonds. The number of nitrogens with zero attached hydrogens (tertiary/aromatic N) is 2. The lowest BCUT2D eigenvalue weighted by Gasteiger charge is -2.37. The number of aromatic nitrogens is 1. The molecular weight excluding hydrogens is 340 g/mol. The van der Waals surface area contributed by atoms with E-state index in [2.05, 4.69) is 4.98 Å². The van der Waals surface area contributed by atoms with E-state index in [-0.39, 0.29) is 11.9 Å². The van der Waals surface area contributed by atoms with E-state index in [0.29, 0.717) is 24.3 Å². The number of benzene rings is 1. The number of piperidine rings is 1. The largest absolute Gasteiger partial charge is 0.497 e. The van der Waals surface area contributed by atoms with E-state index < -0.39 is 11.9 Å². The highest BCUT2D eigenvalue weighted by Gasteiger charge is 2.36. The van der Waals surface area contributed by atoms with E-state index in [1.54, 1.807) is 25.1 Å². The van der Waals surface area contributed by atoms with E-state index in [1.807, 2.05) is 24.3 Å². The van der Waals surface area contributed by atoms with Gasteiger partial charge in [0.2, 0.25) is 0 Å². The van der Waals surface area contributed by atoms with Crippen LogP contribution in [0.1, 0.15) is 29.4 Å². The highest BCUT2D eigenvalue weighted by Crippen LogP contribution is 2.30. The molecule has 2 heterocycles. The Hall–Kier alpha value is -2.41. The fourth-order valence-electron chi connectivity index (χ4n) is 3.14. The molecule has 0 unspecified atom stereocenters. The van der Waals surface area contributed by atoms with Gasteiger partial charge in [0.25, 0.3) is 5.91 Å². The summed E-state index contributed by atoms with van der Waals surface area (Å²) in [7, 11) is 1.61. The molecule has 1 fully saturated rings. The van der Waals surface area contributed by atoms with Crippen LogP contribution < -0.4 is 4.74 Å². The van der Waals surface area contributed by atoms with E-state index in [4.69, 9.17) is 4.74 Å². The van der Waals surface area contributed by atoms with Crippen LogP contribution in [-0.2, 0) is 4.79 Å². The van der Waals surface area contributed by atoms with Gasteiger partial charge in [-0.1, -0.05) is 0 Å². The van der Waals surface area contributed by atoms with Crippen LogP contribution in [0.2, 0.25) is 0 Å². The van der Waals surface area contributed by atoms with Crippen molar-refractivity contribution in [1.82, 2.24) is 9.88 Å². The van der Waals surface area contributed by atoms with Gasteiger partial charge in [0.15, 0.2) is 0 Å². The maximum Gasteiger partial charge on any atom is 0.308 e. The minimum atomic E-state index is -0.840. The SMILES string of the molecule is COc1ccc(-c2ncc(C(=O)N3CCC[C@H](C(=O)O)[C@@H]3C)s2)cc1. The number of hydrogen-bond acceptors (Lipinski definition) is 5. The Kier molecular flexibility index (Phi) is 5.03. The van der Waals surface area contributed by atoms with Crippen LogP contribution in [0.4, 0.5) is 0 Å². The predicted octanol–water partition coefficient (Wildman–Crippen LogP) is 3.14. The number of rotatable bonds is 4. The number of hydrogen-bond donors (Lipinski definition) is 1. The van der Waals surface area contributed by atoms with Crippen molar-refractivity contribution < 1.29 is 19.4 Å². The van der Waals surface area contributed by atoms with Gasteiger partial charge in [-0.2, -0.15) is 0 Å². The maximum absolute atomic E-state index is 12.8. The zero-order valence-electron chi connectivity index (χ0n) is 14.1. The number of likely N-dealkylation sites (tertiary alicyclic amines) is 1. The quantitative estimate of drug-likeness (QED) is 0.906. The Balaban J connectivity index is 1.79. The first-order chi connectivity index (χ1) is 12.0. The molecule has 1 aromatic heterocycles. The van der Waals surface area contributed by atoms with E-state index in [1.165, 1.54) is 11.3 Å². The second-order valence-electron chi connectivity index (χ2n) is 6.08. The summed E-state index contributed by atoms with van der Waals surface area (Å²) in [5, 5.41) is 10.1. The third-order valence-corrected chi connectivity index (χ3v) is 5.65. The molecule has 3 rings (SSSR count). The number of methoxy groups -OCH3 is 1. The summed E-state index contributed by atoms with van der Waals surface area (Å²) >= 11 is 1.32. The van der Waals surface area contributed by atoms with Gasteiger partial charge in [-0.05, 0) is 44.0 Å².